The van der Waals surface area contributed by atoms with Gasteiger partial charge in [0.1, 0.15) is 0 Å². The summed E-state index contributed by atoms with van der Waals surface area (Å²) in [7, 11) is 0. The van der Waals surface area contributed by atoms with Crippen LogP contribution in [0.2, 0.25) is 0 Å². The number of allylic oxidation sites excluding steroid dienone is 3. The summed E-state index contributed by atoms with van der Waals surface area (Å²) in [5.74, 6) is 0.274. The second kappa shape index (κ2) is 5.10. The Morgan fingerprint density at radius 3 is 2.50 bits per heavy atom. The molecule has 2 heteroatoms. The van der Waals surface area contributed by atoms with Crippen LogP contribution >= 0.6 is 0 Å². The molecular formula is C14H16O2. The Morgan fingerprint density at radius 1 is 1.00 bits per heavy atom. The summed E-state index contributed by atoms with van der Waals surface area (Å²) in [6.45, 7) is 0.174. The van der Waals surface area contributed by atoms with Crippen LogP contribution in [0.3, 0.4) is 0 Å². The molecule has 2 unspecified atom stereocenters. The van der Waals surface area contributed by atoms with Gasteiger partial charge in [-0.3, -0.25) is 0 Å². The minimum Gasteiger partial charge on any atom is -0.396 e. The van der Waals surface area contributed by atoms with Gasteiger partial charge in [-0.05, 0) is 11.1 Å². The van der Waals surface area contributed by atoms with Gasteiger partial charge in [-0.2, -0.15) is 0 Å². The molecule has 2 rings (SSSR count). The van der Waals surface area contributed by atoms with E-state index in [1.807, 2.05) is 42.5 Å². The van der Waals surface area contributed by atoms with Gasteiger partial charge in [-0.15, -0.1) is 0 Å². The van der Waals surface area contributed by atoms with Crippen molar-refractivity contribution in [2.45, 2.75) is 12.5 Å². The maximum atomic E-state index is 9.34. The lowest BCUT2D eigenvalue weighted by Crippen LogP contribution is -2.16. The second-order valence-electron chi connectivity index (χ2n) is 4.00. The van der Waals surface area contributed by atoms with Crippen LogP contribution in [0.1, 0.15) is 17.0 Å². The van der Waals surface area contributed by atoms with Crippen molar-refractivity contribution in [1.29, 1.82) is 0 Å². The highest BCUT2D eigenvalue weighted by Crippen LogP contribution is 2.31. The lowest BCUT2D eigenvalue weighted by atomic mass is 9.81. The van der Waals surface area contributed by atoms with Crippen molar-refractivity contribution < 1.29 is 10.2 Å². The van der Waals surface area contributed by atoms with Crippen LogP contribution in [-0.2, 0) is 6.61 Å². The molecule has 0 amide bonds. The molecule has 0 aromatic heterocycles. The molecule has 0 saturated heterocycles. The van der Waals surface area contributed by atoms with Crippen molar-refractivity contribution >= 4 is 0 Å². The molecule has 0 aliphatic heterocycles. The van der Waals surface area contributed by atoms with Crippen molar-refractivity contribution in [1.82, 2.24) is 0 Å². The first-order valence-electron chi connectivity index (χ1n) is 5.51. The third-order valence-electron chi connectivity index (χ3n) is 3.04. The van der Waals surface area contributed by atoms with Crippen molar-refractivity contribution in [2.24, 2.45) is 5.92 Å². The number of aliphatic hydroxyl groups excluding tert-OH is 2. The van der Waals surface area contributed by atoms with E-state index in [9.17, 15) is 10.2 Å². The van der Waals surface area contributed by atoms with Crippen molar-refractivity contribution in [3.8, 4) is 0 Å². The maximum Gasteiger partial charge on any atom is 0.0684 e. The van der Waals surface area contributed by atoms with Crippen LogP contribution in [0, 0.1) is 5.92 Å². The van der Waals surface area contributed by atoms with Gasteiger partial charge in [-0.1, -0.05) is 48.6 Å². The molecule has 0 radical (unpaired) electrons. The van der Waals surface area contributed by atoms with Crippen LogP contribution in [0.5, 0.6) is 0 Å². The van der Waals surface area contributed by atoms with Crippen molar-refractivity contribution in [2.75, 3.05) is 6.61 Å². The van der Waals surface area contributed by atoms with Gasteiger partial charge >= 0.3 is 0 Å². The van der Waals surface area contributed by atoms with Crippen LogP contribution < -0.4 is 0 Å². The molecule has 1 aromatic carbocycles. The number of benzene rings is 1. The fraction of sp³-hybridized carbons (Fsp3) is 0.286. The molecule has 1 aliphatic carbocycles. The molecule has 2 atom stereocenters. The highest BCUT2D eigenvalue weighted by Gasteiger charge is 2.21. The quantitative estimate of drug-likeness (QED) is 0.811. The first-order chi connectivity index (χ1) is 7.86. The molecule has 0 fully saturated rings. The molecule has 0 bridgehead atoms. The average Bonchev–Trinajstić information content (AvgIpc) is 2.38. The fourth-order valence-electron chi connectivity index (χ4n) is 2.17. The number of aliphatic hydroxyl groups is 2. The van der Waals surface area contributed by atoms with Crippen LogP contribution in [0.4, 0.5) is 0 Å². The number of hydrogen-bond acceptors (Lipinski definition) is 2. The van der Waals surface area contributed by atoms with Crippen LogP contribution in [-0.4, -0.2) is 16.8 Å². The minimum atomic E-state index is 0.0440. The maximum absolute atomic E-state index is 9.34. The zero-order chi connectivity index (χ0) is 11.4. The summed E-state index contributed by atoms with van der Waals surface area (Å²) in [5.41, 5.74) is 2.04. The highest BCUT2D eigenvalue weighted by atomic mass is 16.3. The third-order valence-corrected chi connectivity index (χ3v) is 3.04. The van der Waals surface area contributed by atoms with E-state index < -0.39 is 0 Å². The minimum absolute atomic E-state index is 0.0440. The first-order valence-corrected chi connectivity index (χ1v) is 5.51. The van der Waals surface area contributed by atoms with Crippen molar-refractivity contribution in [3.05, 3.63) is 59.7 Å². The van der Waals surface area contributed by atoms with E-state index in [2.05, 4.69) is 6.08 Å². The molecule has 2 nitrogen and oxygen atoms in total. The second-order valence-corrected chi connectivity index (χ2v) is 4.00. The van der Waals surface area contributed by atoms with E-state index in [0.29, 0.717) is 0 Å². The predicted octanol–water partition coefficient (Wildman–Crippen LogP) is 2.00. The summed E-state index contributed by atoms with van der Waals surface area (Å²) < 4.78 is 0. The molecule has 0 heterocycles. The zero-order valence-corrected chi connectivity index (χ0v) is 9.08. The Bertz CT molecular complexity index is 407. The predicted molar refractivity (Wildman–Crippen MR) is 64.0 cm³/mol. The molecular weight excluding hydrogens is 200 g/mol. The molecule has 0 saturated carbocycles. The monoisotopic (exact) mass is 216 g/mol. The summed E-state index contributed by atoms with van der Waals surface area (Å²) in [6, 6.07) is 7.83. The van der Waals surface area contributed by atoms with Gasteiger partial charge in [0.25, 0.3) is 0 Å². The molecule has 0 spiro atoms. The Kier molecular flexibility index (Phi) is 3.54. The Labute approximate surface area is 95.6 Å². The van der Waals surface area contributed by atoms with Gasteiger partial charge < -0.3 is 10.2 Å². The Balaban J connectivity index is 2.35. The van der Waals surface area contributed by atoms with Gasteiger partial charge in [0.2, 0.25) is 0 Å². The van der Waals surface area contributed by atoms with E-state index in [1.165, 1.54) is 0 Å². The topological polar surface area (TPSA) is 40.5 Å². The Hall–Kier alpha value is -1.38. The molecule has 1 aliphatic rings. The van der Waals surface area contributed by atoms with E-state index in [4.69, 9.17) is 0 Å². The lowest BCUT2D eigenvalue weighted by Gasteiger charge is -2.24. The zero-order valence-electron chi connectivity index (χ0n) is 9.08. The van der Waals surface area contributed by atoms with E-state index in [1.54, 1.807) is 0 Å². The van der Waals surface area contributed by atoms with Gasteiger partial charge in [-0.25, -0.2) is 0 Å². The fourth-order valence-corrected chi connectivity index (χ4v) is 2.17. The Morgan fingerprint density at radius 2 is 1.75 bits per heavy atom. The summed E-state index contributed by atoms with van der Waals surface area (Å²) >= 11 is 0. The van der Waals surface area contributed by atoms with E-state index >= 15 is 0 Å². The van der Waals surface area contributed by atoms with Crippen molar-refractivity contribution in [3.63, 3.8) is 0 Å². The van der Waals surface area contributed by atoms with Crippen LogP contribution in [0.25, 0.3) is 0 Å². The van der Waals surface area contributed by atoms with Gasteiger partial charge in [0.05, 0.1) is 13.2 Å². The van der Waals surface area contributed by atoms with E-state index in [-0.39, 0.29) is 25.0 Å². The van der Waals surface area contributed by atoms with Crippen LogP contribution in [0.15, 0.2) is 48.6 Å². The molecule has 1 aromatic rings. The number of rotatable bonds is 3. The normalized spacial score (nSPS) is 23.6. The third kappa shape index (κ3) is 2.08. The molecule has 84 valence electrons. The smallest absolute Gasteiger partial charge is 0.0684 e. The standard InChI is InChI=1S/C14H16O2/c15-9-11-5-1-3-7-13(11)14-8-4-2-6-12(14)10-16/h1-8,11,13,15-16H,9-10H2. The summed E-state index contributed by atoms with van der Waals surface area (Å²) in [5, 5.41) is 18.6. The SMILES string of the molecule is OCc1ccccc1C1C=CC=CC1CO. The largest absolute Gasteiger partial charge is 0.396 e. The first kappa shape index (κ1) is 11.1. The molecule has 2 N–H and O–H groups in total. The molecule has 16 heavy (non-hydrogen) atoms. The summed E-state index contributed by atoms with van der Waals surface area (Å²) in [4.78, 5) is 0. The number of hydrogen-bond donors (Lipinski definition) is 2. The average molecular weight is 216 g/mol. The summed E-state index contributed by atoms with van der Waals surface area (Å²) in [6.07, 6.45) is 8.04. The lowest BCUT2D eigenvalue weighted by molar-refractivity contribution is 0.240. The van der Waals surface area contributed by atoms with E-state index in [0.717, 1.165) is 11.1 Å². The van der Waals surface area contributed by atoms with Gasteiger partial charge in [0, 0.05) is 11.8 Å². The highest BCUT2D eigenvalue weighted by molar-refractivity contribution is 5.36. The van der Waals surface area contributed by atoms with Gasteiger partial charge in [0.15, 0.2) is 0 Å².